The maximum Gasteiger partial charge on any atom is 0.297 e. The number of nitrogens with two attached hydrogens (primary N) is 2. The molecular formula is C8H10N2O4S. The van der Waals surface area contributed by atoms with Gasteiger partial charge in [-0.2, -0.15) is 8.42 Å². The largest absolute Gasteiger partial charge is 0.397 e. The first kappa shape index (κ1) is 11.5. The number of benzene rings is 1. The van der Waals surface area contributed by atoms with Gasteiger partial charge in [-0.15, -0.1) is 0 Å². The molecule has 82 valence electrons. The molecule has 1 aromatic carbocycles. The van der Waals surface area contributed by atoms with Crippen LogP contribution in [0.1, 0.15) is 17.3 Å². The van der Waals surface area contributed by atoms with Gasteiger partial charge < -0.3 is 11.5 Å². The fourth-order valence-electron chi connectivity index (χ4n) is 1.17. The molecule has 0 amide bonds. The third kappa shape index (κ3) is 2.08. The predicted octanol–water partition coefficient (Wildman–Crippen LogP) is 0.300. The van der Waals surface area contributed by atoms with Crippen LogP contribution in [0, 0.1) is 0 Å². The van der Waals surface area contributed by atoms with Crippen LogP contribution in [-0.4, -0.2) is 18.8 Å². The minimum atomic E-state index is -4.56. The molecule has 0 aliphatic heterocycles. The van der Waals surface area contributed by atoms with Crippen molar-refractivity contribution in [2.24, 2.45) is 0 Å². The third-order valence-electron chi connectivity index (χ3n) is 1.87. The maximum absolute atomic E-state index is 11.1. The van der Waals surface area contributed by atoms with E-state index >= 15 is 0 Å². The van der Waals surface area contributed by atoms with Crippen molar-refractivity contribution in [1.29, 1.82) is 0 Å². The fourth-order valence-corrected chi connectivity index (χ4v) is 2.06. The van der Waals surface area contributed by atoms with Crippen LogP contribution in [0.3, 0.4) is 0 Å². The van der Waals surface area contributed by atoms with E-state index in [9.17, 15) is 13.2 Å². The van der Waals surface area contributed by atoms with E-state index < -0.39 is 20.8 Å². The average molecular weight is 230 g/mol. The molecule has 15 heavy (non-hydrogen) atoms. The van der Waals surface area contributed by atoms with E-state index in [0.29, 0.717) is 0 Å². The number of Topliss-reactive ketones (excluding diaryl/α,β-unsaturated/α-hetero) is 1. The monoisotopic (exact) mass is 230 g/mol. The second-order valence-corrected chi connectivity index (χ2v) is 4.33. The van der Waals surface area contributed by atoms with E-state index in [1.165, 1.54) is 19.1 Å². The van der Waals surface area contributed by atoms with Crippen LogP contribution in [0.25, 0.3) is 0 Å². The van der Waals surface area contributed by atoms with Gasteiger partial charge in [0, 0.05) is 5.56 Å². The normalized spacial score (nSPS) is 11.3. The lowest BCUT2D eigenvalue weighted by atomic mass is 10.1. The van der Waals surface area contributed by atoms with E-state index in [1.54, 1.807) is 0 Å². The summed E-state index contributed by atoms with van der Waals surface area (Å²) in [5.74, 6) is -0.519. The van der Waals surface area contributed by atoms with Gasteiger partial charge in [-0.25, -0.2) is 0 Å². The molecule has 6 nitrogen and oxygen atoms in total. The molecular weight excluding hydrogens is 220 g/mol. The average Bonchev–Trinajstić information content (AvgIpc) is 2.06. The highest BCUT2D eigenvalue weighted by Crippen LogP contribution is 2.28. The molecule has 0 aliphatic carbocycles. The Morgan fingerprint density at radius 3 is 2.27 bits per heavy atom. The zero-order valence-electron chi connectivity index (χ0n) is 7.89. The molecule has 1 aromatic rings. The number of nitrogen functional groups attached to an aromatic ring is 2. The van der Waals surface area contributed by atoms with Gasteiger partial charge in [-0.1, -0.05) is 0 Å². The Kier molecular flexibility index (Phi) is 2.69. The summed E-state index contributed by atoms with van der Waals surface area (Å²) in [5, 5.41) is 0. The van der Waals surface area contributed by atoms with Gasteiger partial charge in [0.2, 0.25) is 0 Å². The van der Waals surface area contributed by atoms with Crippen molar-refractivity contribution in [3.05, 3.63) is 17.7 Å². The van der Waals surface area contributed by atoms with Crippen LogP contribution >= 0.6 is 0 Å². The molecule has 7 heteroatoms. The molecule has 0 saturated carbocycles. The smallest absolute Gasteiger partial charge is 0.297 e. The lowest BCUT2D eigenvalue weighted by molar-refractivity contribution is 0.101. The predicted molar refractivity (Wildman–Crippen MR) is 55.1 cm³/mol. The van der Waals surface area contributed by atoms with Gasteiger partial charge in [-0.05, 0) is 19.1 Å². The molecule has 0 unspecified atom stereocenters. The van der Waals surface area contributed by atoms with Crippen LogP contribution in [0.15, 0.2) is 17.0 Å². The first-order chi connectivity index (χ1) is 6.75. The van der Waals surface area contributed by atoms with Gasteiger partial charge >= 0.3 is 0 Å². The van der Waals surface area contributed by atoms with E-state index in [4.69, 9.17) is 16.0 Å². The van der Waals surface area contributed by atoms with Gasteiger partial charge in [0.05, 0.1) is 11.4 Å². The van der Waals surface area contributed by atoms with E-state index in [1.807, 2.05) is 0 Å². The summed E-state index contributed by atoms with van der Waals surface area (Å²) in [7, 11) is -4.56. The van der Waals surface area contributed by atoms with Crippen molar-refractivity contribution < 1.29 is 17.8 Å². The summed E-state index contributed by atoms with van der Waals surface area (Å²) in [5.41, 5.74) is 10.3. The third-order valence-corrected chi connectivity index (χ3v) is 2.82. The van der Waals surface area contributed by atoms with Gasteiger partial charge in [0.25, 0.3) is 10.1 Å². The lowest BCUT2D eigenvalue weighted by Crippen LogP contribution is -2.11. The topological polar surface area (TPSA) is 123 Å². The summed E-state index contributed by atoms with van der Waals surface area (Å²) in [6.45, 7) is 1.17. The fraction of sp³-hybridized carbons (Fsp3) is 0.125. The van der Waals surface area contributed by atoms with Crippen molar-refractivity contribution >= 4 is 27.3 Å². The summed E-state index contributed by atoms with van der Waals surface area (Å²) in [4.78, 5) is 10.5. The number of hydrogen-bond acceptors (Lipinski definition) is 5. The van der Waals surface area contributed by atoms with Crippen molar-refractivity contribution in [2.75, 3.05) is 11.5 Å². The Balaban J connectivity index is 3.72. The van der Waals surface area contributed by atoms with E-state index in [0.717, 1.165) is 0 Å². The molecule has 0 saturated heterocycles. The Labute approximate surface area is 86.6 Å². The maximum atomic E-state index is 11.1. The molecule has 0 radical (unpaired) electrons. The number of rotatable bonds is 2. The van der Waals surface area contributed by atoms with Crippen LogP contribution in [0.2, 0.25) is 0 Å². The highest BCUT2D eigenvalue weighted by atomic mass is 32.2. The second-order valence-electron chi connectivity index (χ2n) is 2.98. The minimum absolute atomic E-state index is 0.00683. The van der Waals surface area contributed by atoms with Gasteiger partial charge in [0.1, 0.15) is 4.90 Å². The van der Waals surface area contributed by atoms with Crippen molar-refractivity contribution in [3.63, 3.8) is 0 Å². The SMILES string of the molecule is CC(=O)c1ccc(N)c(N)c1S(=O)(=O)O. The zero-order valence-corrected chi connectivity index (χ0v) is 8.71. The molecule has 0 atom stereocenters. The summed E-state index contributed by atoms with van der Waals surface area (Å²) < 4.78 is 30.9. The number of ketones is 1. The Bertz CT molecular complexity index is 522. The molecule has 0 heterocycles. The number of carbonyl (C=O) groups excluding carboxylic acids is 1. The Hall–Kier alpha value is -1.60. The quantitative estimate of drug-likeness (QED) is 0.381. The van der Waals surface area contributed by atoms with Crippen LogP contribution < -0.4 is 11.5 Å². The number of hydrogen-bond donors (Lipinski definition) is 3. The standard InChI is InChI=1S/C8H10N2O4S/c1-4(11)5-2-3-6(9)7(10)8(5)15(12,13)14/h2-3H,9-10H2,1H3,(H,12,13,14). The number of carbonyl (C=O) groups is 1. The van der Waals surface area contributed by atoms with E-state index in [-0.39, 0.29) is 16.9 Å². The van der Waals surface area contributed by atoms with E-state index in [2.05, 4.69) is 0 Å². The molecule has 0 aliphatic rings. The van der Waals surface area contributed by atoms with Gasteiger partial charge in [0.15, 0.2) is 5.78 Å². The molecule has 0 bridgehead atoms. The molecule has 0 aromatic heterocycles. The van der Waals surface area contributed by atoms with Crippen LogP contribution in [0.4, 0.5) is 11.4 Å². The lowest BCUT2D eigenvalue weighted by Gasteiger charge is -2.09. The Morgan fingerprint density at radius 1 is 1.33 bits per heavy atom. The highest BCUT2D eigenvalue weighted by Gasteiger charge is 2.22. The first-order valence-electron chi connectivity index (χ1n) is 3.91. The van der Waals surface area contributed by atoms with Crippen molar-refractivity contribution in [3.8, 4) is 0 Å². The molecule has 0 fully saturated rings. The highest BCUT2D eigenvalue weighted by molar-refractivity contribution is 7.86. The molecule has 1 rings (SSSR count). The minimum Gasteiger partial charge on any atom is -0.397 e. The number of anilines is 2. The van der Waals surface area contributed by atoms with Crippen molar-refractivity contribution in [2.45, 2.75) is 11.8 Å². The Morgan fingerprint density at radius 2 is 1.87 bits per heavy atom. The van der Waals surface area contributed by atoms with Gasteiger partial charge in [-0.3, -0.25) is 9.35 Å². The van der Waals surface area contributed by atoms with Crippen LogP contribution in [-0.2, 0) is 10.1 Å². The van der Waals surface area contributed by atoms with Crippen LogP contribution in [0.5, 0.6) is 0 Å². The van der Waals surface area contributed by atoms with Crippen molar-refractivity contribution in [1.82, 2.24) is 0 Å². The molecule has 0 spiro atoms. The first-order valence-corrected chi connectivity index (χ1v) is 5.35. The summed E-state index contributed by atoms with van der Waals surface area (Å²) in [6, 6.07) is 2.51. The second kappa shape index (κ2) is 3.52. The molecule has 5 N–H and O–H groups in total. The summed E-state index contributed by atoms with van der Waals surface area (Å²) in [6.07, 6.45) is 0. The zero-order chi connectivity index (χ0) is 11.8. The summed E-state index contributed by atoms with van der Waals surface area (Å²) >= 11 is 0.